The molecule has 13 heavy (non-hydrogen) atoms. The molecule has 0 atom stereocenters. The number of benzene rings is 1. The summed E-state index contributed by atoms with van der Waals surface area (Å²) in [5, 5.41) is 0. The van der Waals surface area contributed by atoms with E-state index in [1.54, 1.807) is 0 Å². The number of halogens is 5. The second-order valence-corrected chi connectivity index (χ2v) is 2.83. The van der Waals surface area contributed by atoms with Crippen LogP contribution < -0.4 is 0 Å². The van der Waals surface area contributed by atoms with Crippen LogP contribution in [0.4, 0.5) is 13.2 Å². The Labute approximate surface area is 103 Å². The van der Waals surface area contributed by atoms with Crippen molar-refractivity contribution >= 4 is 35.7 Å². The molecule has 0 heterocycles. The van der Waals surface area contributed by atoms with E-state index in [-0.39, 0.29) is 0 Å². The van der Waals surface area contributed by atoms with E-state index in [9.17, 15) is 13.2 Å². The Hall–Kier alpha value is 0.843. The van der Waals surface area contributed by atoms with Crippen LogP contribution in [0.1, 0.15) is 5.56 Å². The van der Waals surface area contributed by atoms with Gasteiger partial charge in [-0.25, -0.2) is 0 Å². The van der Waals surface area contributed by atoms with Gasteiger partial charge in [-0.15, -0.1) is 6.07 Å². The van der Waals surface area contributed by atoms with Crippen LogP contribution >= 0.6 is 35.7 Å². The molecule has 0 amide bonds. The molecule has 0 bridgehead atoms. The zero-order chi connectivity index (χ0) is 10.5. The van der Waals surface area contributed by atoms with Crippen molar-refractivity contribution in [2.24, 2.45) is 0 Å². The standard InChI is InChI=1S/C7H3BrF3.HI.Zn/c8-6-3-1-2-5(4-6)7(9,10)11;;/h1,3-4H;1H;/q-1;;+2/p-1. The second-order valence-electron chi connectivity index (χ2n) is 1.92. The van der Waals surface area contributed by atoms with Crippen molar-refractivity contribution in [1.82, 2.24) is 0 Å². The summed E-state index contributed by atoms with van der Waals surface area (Å²) < 4.78 is 36.2. The van der Waals surface area contributed by atoms with Crippen LogP contribution in [0.2, 0.25) is 0 Å². The molecule has 0 radical (unpaired) electrons. The van der Waals surface area contributed by atoms with Crippen LogP contribution in [-0.4, -0.2) is 0 Å². The molecule has 0 saturated carbocycles. The summed E-state index contributed by atoms with van der Waals surface area (Å²) in [4.78, 5) is 0. The first-order chi connectivity index (χ1) is 6.00. The van der Waals surface area contributed by atoms with E-state index >= 15 is 0 Å². The molecular formula is C7H3BrF3IZn. The maximum atomic E-state index is 11.9. The minimum absolute atomic E-state index is 0.406. The summed E-state index contributed by atoms with van der Waals surface area (Å²) in [5.41, 5.74) is -0.758. The predicted octanol–water partition coefficient (Wildman–Crippen LogP) is 4.15. The monoisotopic (exact) mass is 414 g/mol. The van der Waals surface area contributed by atoms with Gasteiger partial charge in [0, 0.05) is 0 Å². The Morgan fingerprint density at radius 1 is 1.38 bits per heavy atom. The topological polar surface area (TPSA) is 0 Å². The minimum atomic E-state index is -4.30. The van der Waals surface area contributed by atoms with Crippen LogP contribution in [0.25, 0.3) is 0 Å². The maximum absolute atomic E-state index is 11.9. The number of hydrogen-bond donors (Lipinski definition) is 0. The van der Waals surface area contributed by atoms with Gasteiger partial charge in [-0.2, -0.15) is 31.4 Å². The number of hydrogen-bond acceptors (Lipinski definition) is 0. The molecular weight excluding hydrogens is 413 g/mol. The Bertz CT molecular complexity index is 264. The van der Waals surface area contributed by atoms with Gasteiger partial charge < -0.3 is 0 Å². The second kappa shape index (κ2) is 6.35. The average Bonchev–Trinajstić information content (AvgIpc) is 2.06. The molecule has 1 aromatic carbocycles. The van der Waals surface area contributed by atoms with Crippen LogP contribution in [0.3, 0.4) is 0 Å². The molecule has 6 heteroatoms. The van der Waals surface area contributed by atoms with Crippen molar-refractivity contribution in [2.75, 3.05) is 0 Å². The molecule has 0 fully saturated rings. The number of rotatable bonds is 0. The van der Waals surface area contributed by atoms with Gasteiger partial charge in [0.25, 0.3) is 0 Å². The van der Waals surface area contributed by atoms with Crippen LogP contribution in [-0.2, 0) is 21.0 Å². The van der Waals surface area contributed by atoms with E-state index < -0.39 is 11.7 Å². The normalized spacial score (nSPS) is 10.4. The molecule has 0 unspecified atom stereocenters. The summed E-state index contributed by atoms with van der Waals surface area (Å²) in [6, 6.07) is 5.80. The third-order valence-electron chi connectivity index (χ3n) is 1.07. The first-order valence-electron chi connectivity index (χ1n) is 3.01. The van der Waals surface area contributed by atoms with Gasteiger partial charge in [-0.1, -0.05) is 26.0 Å². The summed E-state index contributed by atoms with van der Waals surface area (Å²) >= 11 is 6.55. The van der Waals surface area contributed by atoms with Crippen LogP contribution in [0.15, 0.2) is 22.7 Å². The fourth-order valence-corrected chi connectivity index (χ4v) is 0.963. The summed E-state index contributed by atoms with van der Waals surface area (Å²) in [6.45, 7) is 0. The third-order valence-corrected chi connectivity index (χ3v) is 1.56. The zero-order valence-electron chi connectivity index (χ0n) is 6.33. The van der Waals surface area contributed by atoms with Gasteiger partial charge >= 0.3 is 40.7 Å². The van der Waals surface area contributed by atoms with Gasteiger partial charge in [0.2, 0.25) is 0 Å². The van der Waals surface area contributed by atoms with Crippen molar-refractivity contribution in [3.63, 3.8) is 0 Å². The van der Waals surface area contributed by atoms with E-state index in [1.165, 1.54) is 26.9 Å². The van der Waals surface area contributed by atoms with Gasteiger partial charge in [-0.05, 0) is 0 Å². The Morgan fingerprint density at radius 3 is 2.23 bits per heavy atom. The summed E-state index contributed by atoms with van der Waals surface area (Å²) in [5.74, 6) is 0. The third kappa shape index (κ3) is 5.32. The molecule has 0 aromatic heterocycles. The Kier molecular flexibility index (Phi) is 6.76. The molecule has 0 aliphatic rings. The fourth-order valence-electron chi connectivity index (χ4n) is 0.602. The van der Waals surface area contributed by atoms with Crippen molar-refractivity contribution in [1.29, 1.82) is 0 Å². The zero-order valence-corrected chi connectivity index (χ0v) is 13.0. The van der Waals surface area contributed by atoms with Crippen molar-refractivity contribution in [2.45, 2.75) is 6.18 Å². The fraction of sp³-hybridized carbons (Fsp3) is 0.143. The molecule has 0 aliphatic carbocycles. The van der Waals surface area contributed by atoms with Crippen LogP contribution in [0, 0.1) is 6.07 Å². The van der Waals surface area contributed by atoms with Gasteiger partial charge in [0.05, 0.1) is 0 Å². The summed E-state index contributed by atoms with van der Waals surface area (Å²) in [7, 11) is 0. The first-order valence-corrected chi connectivity index (χ1v) is 12.9. The molecule has 0 saturated heterocycles. The van der Waals surface area contributed by atoms with Crippen molar-refractivity contribution in [3.05, 3.63) is 34.3 Å². The van der Waals surface area contributed by atoms with E-state index in [0.29, 0.717) is 4.47 Å². The van der Waals surface area contributed by atoms with Gasteiger partial charge in [0.1, 0.15) is 0 Å². The average molecular weight is 416 g/mol. The molecule has 0 aliphatic heterocycles. The summed E-state index contributed by atoms with van der Waals surface area (Å²) in [6.07, 6.45) is -4.30. The van der Waals surface area contributed by atoms with E-state index in [2.05, 4.69) is 41.7 Å². The Morgan fingerprint density at radius 2 is 1.92 bits per heavy atom. The molecule has 1 rings (SSSR count). The van der Waals surface area contributed by atoms with Gasteiger partial charge in [-0.3, -0.25) is 0 Å². The van der Waals surface area contributed by atoms with Gasteiger partial charge in [0.15, 0.2) is 0 Å². The van der Waals surface area contributed by atoms with Crippen molar-refractivity contribution < 1.29 is 28.0 Å². The first kappa shape index (κ1) is 13.8. The molecule has 1 aromatic rings. The molecule has 0 spiro atoms. The molecule has 68 valence electrons. The number of alkyl halides is 3. The van der Waals surface area contributed by atoms with E-state index in [0.717, 1.165) is 6.07 Å². The SMILES string of the molecule is FC(F)(F)c1[c-]ccc(Br)c1.[Zn+][I]. The van der Waals surface area contributed by atoms with E-state index in [4.69, 9.17) is 0 Å². The Balaban J connectivity index is 0.000000671. The van der Waals surface area contributed by atoms with Crippen LogP contribution in [0.5, 0.6) is 0 Å². The molecule has 0 nitrogen and oxygen atoms in total. The quantitative estimate of drug-likeness (QED) is 0.339. The predicted molar refractivity (Wildman–Crippen MR) is 52.0 cm³/mol. The van der Waals surface area contributed by atoms with Crippen molar-refractivity contribution in [3.8, 4) is 0 Å². The van der Waals surface area contributed by atoms with E-state index in [1.807, 2.05) is 0 Å². The molecule has 0 N–H and O–H groups in total.